The summed E-state index contributed by atoms with van der Waals surface area (Å²) in [6.45, 7) is 8.39. The molecule has 0 aliphatic rings. The van der Waals surface area contributed by atoms with Gasteiger partial charge in [-0.3, -0.25) is 4.79 Å². The molecule has 0 heterocycles. The van der Waals surface area contributed by atoms with Crippen molar-refractivity contribution in [3.8, 4) is 5.75 Å². The van der Waals surface area contributed by atoms with Crippen LogP contribution in [0.3, 0.4) is 0 Å². The molecular weight excluding hydrogens is 202 g/mol. The fourth-order valence-corrected chi connectivity index (χ4v) is 1.65. The largest absolute Gasteiger partial charge is 0.508 e. The van der Waals surface area contributed by atoms with Gasteiger partial charge in [0.25, 0.3) is 5.91 Å². The standard InChI is InChI=1S/C13H19NO2/c1-5-14(9(2)3)13(16)11-7-6-10(4)12(15)8-11/h6-9,15H,5H2,1-4H3. The second-order valence-corrected chi connectivity index (χ2v) is 4.19. The molecule has 0 spiro atoms. The van der Waals surface area contributed by atoms with Crippen LogP contribution in [-0.4, -0.2) is 28.5 Å². The molecular formula is C13H19NO2. The number of benzene rings is 1. The summed E-state index contributed by atoms with van der Waals surface area (Å²) in [7, 11) is 0. The van der Waals surface area contributed by atoms with Gasteiger partial charge in [0.15, 0.2) is 0 Å². The van der Waals surface area contributed by atoms with Crippen LogP contribution < -0.4 is 0 Å². The van der Waals surface area contributed by atoms with Crippen molar-refractivity contribution in [1.82, 2.24) is 4.90 Å². The second kappa shape index (κ2) is 5.01. The van der Waals surface area contributed by atoms with E-state index < -0.39 is 0 Å². The molecule has 0 aliphatic carbocycles. The van der Waals surface area contributed by atoms with Crippen molar-refractivity contribution in [3.05, 3.63) is 29.3 Å². The van der Waals surface area contributed by atoms with E-state index in [1.165, 1.54) is 6.07 Å². The molecule has 0 fully saturated rings. The van der Waals surface area contributed by atoms with Gasteiger partial charge in [-0.05, 0) is 45.4 Å². The van der Waals surface area contributed by atoms with Crippen molar-refractivity contribution in [3.63, 3.8) is 0 Å². The zero-order valence-electron chi connectivity index (χ0n) is 10.3. The maximum Gasteiger partial charge on any atom is 0.254 e. The van der Waals surface area contributed by atoms with Gasteiger partial charge >= 0.3 is 0 Å². The number of carbonyl (C=O) groups excluding carboxylic acids is 1. The summed E-state index contributed by atoms with van der Waals surface area (Å²) < 4.78 is 0. The molecule has 1 aromatic rings. The number of hydrogen-bond donors (Lipinski definition) is 1. The third kappa shape index (κ3) is 2.54. The fraction of sp³-hybridized carbons (Fsp3) is 0.462. The van der Waals surface area contributed by atoms with E-state index in [4.69, 9.17) is 0 Å². The summed E-state index contributed by atoms with van der Waals surface area (Å²) in [5.74, 6) is 0.137. The maximum atomic E-state index is 12.1. The lowest BCUT2D eigenvalue weighted by atomic mass is 10.1. The molecule has 0 atom stereocenters. The van der Waals surface area contributed by atoms with Gasteiger partial charge < -0.3 is 10.0 Å². The van der Waals surface area contributed by atoms with Crippen LogP contribution >= 0.6 is 0 Å². The molecule has 0 saturated heterocycles. The van der Waals surface area contributed by atoms with Crippen molar-refractivity contribution < 1.29 is 9.90 Å². The van der Waals surface area contributed by atoms with E-state index in [2.05, 4.69) is 0 Å². The Hall–Kier alpha value is -1.51. The Kier molecular flexibility index (Phi) is 3.93. The lowest BCUT2D eigenvalue weighted by Gasteiger charge is -2.25. The first-order chi connectivity index (χ1) is 7.47. The van der Waals surface area contributed by atoms with Crippen molar-refractivity contribution in [2.24, 2.45) is 0 Å². The SMILES string of the molecule is CCN(C(=O)c1ccc(C)c(O)c1)C(C)C. The molecule has 16 heavy (non-hydrogen) atoms. The van der Waals surface area contributed by atoms with E-state index in [0.717, 1.165) is 5.56 Å². The highest BCUT2D eigenvalue weighted by molar-refractivity contribution is 5.94. The maximum absolute atomic E-state index is 12.1. The molecule has 0 aromatic heterocycles. The van der Waals surface area contributed by atoms with Gasteiger partial charge in [-0.25, -0.2) is 0 Å². The summed E-state index contributed by atoms with van der Waals surface area (Å²) in [5, 5.41) is 9.57. The third-order valence-electron chi connectivity index (χ3n) is 2.68. The number of hydrogen-bond acceptors (Lipinski definition) is 2. The van der Waals surface area contributed by atoms with Crippen LogP contribution in [-0.2, 0) is 0 Å². The summed E-state index contributed by atoms with van der Waals surface area (Å²) in [4.78, 5) is 13.9. The van der Waals surface area contributed by atoms with E-state index in [1.807, 2.05) is 27.7 Å². The van der Waals surface area contributed by atoms with Gasteiger partial charge in [0.2, 0.25) is 0 Å². The number of amides is 1. The highest BCUT2D eigenvalue weighted by Gasteiger charge is 2.17. The molecule has 1 rings (SSSR count). The number of aromatic hydroxyl groups is 1. The number of rotatable bonds is 3. The smallest absolute Gasteiger partial charge is 0.254 e. The van der Waals surface area contributed by atoms with E-state index >= 15 is 0 Å². The average Bonchev–Trinajstić information content (AvgIpc) is 2.22. The predicted octanol–water partition coefficient (Wildman–Crippen LogP) is 2.57. The first kappa shape index (κ1) is 12.6. The van der Waals surface area contributed by atoms with Crippen LogP contribution in [0.5, 0.6) is 5.75 Å². The minimum Gasteiger partial charge on any atom is -0.508 e. The first-order valence-electron chi connectivity index (χ1n) is 5.58. The molecule has 0 bridgehead atoms. The normalized spacial score (nSPS) is 10.6. The summed E-state index contributed by atoms with van der Waals surface area (Å²) in [6.07, 6.45) is 0. The van der Waals surface area contributed by atoms with Gasteiger partial charge in [-0.2, -0.15) is 0 Å². The molecule has 3 heteroatoms. The Morgan fingerprint density at radius 2 is 2.06 bits per heavy atom. The Labute approximate surface area is 96.7 Å². The quantitative estimate of drug-likeness (QED) is 0.852. The first-order valence-corrected chi connectivity index (χ1v) is 5.58. The summed E-state index contributed by atoms with van der Waals surface area (Å²) >= 11 is 0. The van der Waals surface area contributed by atoms with Crippen LogP contribution in [0.2, 0.25) is 0 Å². The van der Waals surface area contributed by atoms with Gasteiger partial charge in [-0.15, -0.1) is 0 Å². The van der Waals surface area contributed by atoms with Crippen LogP contribution in [0, 0.1) is 6.92 Å². The van der Waals surface area contributed by atoms with E-state index in [1.54, 1.807) is 17.0 Å². The molecule has 1 amide bonds. The molecule has 1 N–H and O–H groups in total. The monoisotopic (exact) mass is 221 g/mol. The number of carbonyl (C=O) groups is 1. The minimum atomic E-state index is -0.0344. The van der Waals surface area contributed by atoms with Gasteiger partial charge in [0.1, 0.15) is 5.75 Å². The fourth-order valence-electron chi connectivity index (χ4n) is 1.65. The Morgan fingerprint density at radius 1 is 1.44 bits per heavy atom. The molecule has 0 saturated carbocycles. The van der Waals surface area contributed by atoms with Gasteiger partial charge in [0, 0.05) is 18.2 Å². The van der Waals surface area contributed by atoms with E-state index in [0.29, 0.717) is 12.1 Å². The molecule has 3 nitrogen and oxygen atoms in total. The van der Waals surface area contributed by atoms with Crippen LogP contribution in [0.1, 0.15) is 36.7 Å². The highest BCUT2D eigenvalue weighted by atomic mass is 16.3. The van der Waals surface area contributed by atoms with E-state index in [9.17, 15) is 9.90 Å². The number of phenols is 1. The van der Waals surface area contributed by atoms with Crippen LogP contribution in [0.4, 0.5) is 0 Å². The van der Waals surface area contributed by atoms with Gasteiger partial charge in [0.05, 0.1) is 0 Å². The van der Waals surface area contributed by atoms with Crippen molar-refractivity contribution in [1.29, 1.82) is 0 Å². The zero-order chi connectivity index (χ0) is 12.3. The minimum absolute atomic E-state index is 0.0344. The zero-order valence-corrected chi connectivity index (χ0v) is 10.3. The summed E-state index contributed by atoms with van der Waals surface area (Å²) in [5.41, 5.74) is 1.32. The number of aryl methyl sites for hydroxylation is 1. The molecule has 1 aromatic carbocycles. The lowest BCUT2D eigenvalue weighted by Crippen LogP contribution is -2.36. The topological polar surface area (TPSA) is 40.5 Å². The van der Waals surface area contributed by atoms with Gasteiger partial charge in [-0.1, -0.05) is 6.07 Å². The summed E-state index contributed by atoms with van der Waals surface area (Å²) in [6, 6.07) is 5.21. The van der Waals surface area contributed by atoms with Crippen molar-refractivity contribution >= 4 is 5.91 Å². The van der Waals surface area contributed by atoms with Crippen LogP contribution in [0.25, 0.3) is 0 Å². The number of phenolic OH excluding ortho intramolecular Hbond substituents is 1. The van der Waals surface area contributed by atoms with Crippen molar-refractivity contribution in [2.75, 3.05) is 6.54 Å². The lowest BCUT2D eigenvalue weighted by molar-refractivity contribution is 0.0716. The molecule has 88 valence electrons. The molecule has 0 radical (unpaired) electrons. The Balaban J connectivity index is 2.99. The Morgan fingerprint density at radius 3 is 2.50 bits per heavy atom. The van der Waals surface area contributed by atoms with Crippen molar-refractivity contribution in [2.45, 2.75) is 33.7 Å². The Bertz CT molecular complexity index is 386. The number of nitrogens with zero attached hydrogens (tertiary/aromatic N) is 1. The average molecular weight is 221 g/mol. The van der Waals surface area contributed by atoms with Crippen LogP contribution in [0.15, 0.2) is 18.2 Å². The highest BCUT2D eigenvalue weighted by Crippen LogP contribution is 2.19. The second-order valence-electron chi connectivity index (χ2n) is 4.19. The molecule has 0 aliphatic heterocycles. The third-order valence-corrected chi connectivity index (χ3v) is 2.68. The molecule has 0 unspecified atom stereocenters. The van der Waals surface area contributed by atoms with E-state index in [-0.39, 0.29) is 17.7 Å². The predicted molar refractivity (Wildman–Crippen MR) is 64.7 cm³/mol.